The van der Waals surface area contributed by atoms with Crippen LogP contribution in [-0.2, 0) is 20.5 Å². The van der Waals surface area contributed by atoms with Gasteiger partial charge in [-0.05, 0) is 37.5 Å². The molecule has 0 aliphatic carbocycles. The van der Waals surface area contributed by atoms with Gasteiger partial charge in [-0.3, -0.25) is 0 Å². The van der Waals surface area contributed by atoms with Crippen molar-refractivity contribution in [1.29, 1.82) is 0 Å². The predicted molar refractivity (Wildman–Crippen MR) is 79.7 cm³/mol. The molecule has 0 saturated carbocycles. The van der Waals surface area contributed by atoms with E-state index in [4.69, 9.17) is 10.5 Å². The lowest BCUT2D eigenvalue weighted by Gasteiger charge is -2.31. The fourth-order valence-electron chi connectivity index (χ4n) is 2.43. The Kier molecular flexibility index (Phi) is 5.01. The Bertz CT molecular complexity index is 520. The third kappa shape index (κ3) is 3.94. The van der Waals surface area contributed by atoms with Crippen LogP contribution in [-0.4, -0.2) is 38.5 Å². The van der Waals surface area contributed by atoms with Crippen LogP contribution in [0.15, 0.2) is 24.3 Å². The van der Waals surface area contributed by atoms with Gasteiger partial charge in [0.2, 0.25) is 10.0 Å². The monoisotopic (exact) mass is 298 g/mol. The molecule has 1 heterocycles. The first-order valence-electron chi connectivity index (χ1n) is 6.95. The van der Waals surface area contributed by atoms with Crippen LogP contribution >= 0.6 is 0 Å². The molecule has 6 heteroatoms. The minimum Gasteiger partial charge on any atom is -0.399 e. The number of nitrogens with zero attached hydrogens (tertiary/aromatic N) is 1. The van der Waals surface area contributed by atoms with Gasteiger partial charge in [-0.1, -0.05) is 12.1 Å². The first kappa shape index (κ1) is 15.3. The van der Waals surface area contributed by atoms with Crippen LogP contribution in [0.4, 0.5) is 5.69 Å². The Labute approximate surface area is 120 Å². The summed E-state index contributed by atoms with van der Waals surface area (Å²) in [5, 5.41) is 0. The summed E-state index contributed by atoms with van der Waals surface area (Å²) in [7, 11) is -3.25. The Balaban J connectivity index is 1.96. The summed E-state index contributed by atoms with van der Waals surface area (Å²) in [6, 6.07) is 6.98. The van der Waals surface area contributed by atoms with Gasteiger partial charge in [0.05, 0.1) is 11.9 Å². The Morgan fingerprint density at radius 1 is 1.25 bits per heavy atom. The number of sulfonamides is 1. The average Bonchev–Trinajstić information content (AvgIpc) is 2.42. The zero-order valence-electron chi connectivity index (χ0n) is 11.8. The standard InChI is InChI=1S/C14H22N2O3S/c1-2-19-14-7-9-16(10-8-14)20(17,18)11-12-3-5-13(15)6-4-12/h3-6,14H,2,7-11,15H2,1H3. The second kappa shape index (κ2) is 6.56. The van der Waals surface area contributed by atoms with E-state index >= 15 is 0 Å². The van der Waals surface area contributed by atoms with Crippen LogP contribution in [0.2, 0.25) is 0 Å². The zero-order chi connectivity index (χ0) is 14.6. The Morgan fingerprint density at radius 2 is 1.85 bits per heavy atom. The van der Waals surface area contributed by atoms with E-state index in [0.29, 0.717) is 25.4 Å². The van der Waals surface area contributed by atoms with Crippen LogP contribution in [0.25, 0.3) is 0 Å². The minimum absolute atomic E-state index is 0.0343. The number of rotatable bonds is 5. The van der Waals surface area contributed by atoms with E-state index in [1.165, 1.54) is 0 Å². The van der Waals surface area contributed by atoms with Gasteiger partial charge in [-0.2, -0.15) is 0 Å². The number of hydrogen-bond acceptors (Lipinski definition) is 4. The van der Waals surface area contributed by atoms with Crippen LogP contribution < -0.4 is 5.73 Å². The highest BCUT2D eigenvalue weighted by molar-refractivity contribution is 7.88. The highest BCUT2D eigenvalue weighted by atomic mass is 32.2. The maximum atomic E-state index is 12.4. The van der Waals surface area contributed by atoms with Gasteiger partial charge in [0, 0.05) is 25.4 Å². The van der Waals surface area contributed by atoms with Crippen molar-refractivity contribution >= 4 is 15.7 Å². The molecule has 0 amide bonds. The summed E-state index contributed by atoms with van der Waals surface area (Å²) in [6.07, 6.45) is 1.74. The maximum absolute atomic E-state index is 12.4. The molecule has 0 unspecified atom stereocenters. The predicted octanol–water partition coefficient (Wildman–Crippen LogP) is 1.60. The molecule has 0 radical (unpaired) electrons. The number of benzene rings is 1. The van der Waals surface area contributed by atoms with Gasteiger partial charge in [0.15, 0.2) is 0 Å². The molecule has 1 fully saturated rings. The highest BCUT2D eigenvalue weighted by Crippen LogP contribution is 2.19. The van der Waals surface area contributed by atoms with Crippen molar-refractivity contribution in [3.05, 3.63) is 29.8 Å². The van der Waals surface area contributed by atoms with E-state index in [1.807, 2.05) is 6.92 Å². The molecule has 2 rings (SSSR count). The van der Waals surface area contributed by atoms with Crippen molar-refractivity contribution in [1.82, 2.24) is 4.31 Å². The summed E-state index contributed by atoms with van der Waals surface area (Å²) < 4.78 is 31.8. The van der Waals surface area contributed by atoms with Gasteiger partial charge >= 0.3 is 0 Å². The van der Waals surface area contributed by atoms with E-state index in [-0.39, 0.29) is 11.9 Å². The summed E-state index contributed by atoms with van der Waals surface area (Å²) in [6.45, 7) is 3.73. The largest absolute Gasteiger partial charge is 0.399 e. The normalized spacial score (nSPS) is 18.2. The lowest BCUT2D eigenvalue weighted by atomic mass is 10.1. The maximum Gasteiger partial charge on any atom is 0.218 e. The number of anilines is 1. The lowest BCUT2D eigenvalue weighted by Crippen LogP contribution is -2.41. The van der Waals surface area contributed by atoms with Crippen LogP contribution in [0.5, 0.6) is 0 Å². The molecule has 20 heavy (non-hydrogen) atoms. The molecule has 5 nitrogen and oxygen atoms in total. The van der Waals surface area contributed by atoms with E-state index in [9.17, 15) is 8.42 Å². The first-order chi connectivity index (χ1) is 9.51. The van der Waals surface area contributed by atoms with Crippen molar-refractivity contribution in [2.75, 3.05) is 25.4 Å². The second-order valence-electron chi connectivity index (χ2n) is 5.05. The molecule has 0 aromatic heterocycles. The molecule has 1 saturated heterocycles. The number of nitrogens with two attached hydrogens (primary N) is 1. The fourth-order valence-corrected chi connectivity index (χ4v) is 3.99. The van der Waals surface area contributed by atoms with Crippen molar-refractivity contribution in [2.45, 2.75) is 31.6 Å². The van der Waals surface area contributed by atoms with Crippen molar-refractivity contribution < 1.29 is 13.2 Å². The molecule has 1 aliphatic rings. The number of ether oxygens (including phenoxy) is 1. The topological polar surface area (TPSA) is 72.6 Å². The molecule has 0 atom stereocenters. The number of hydrogen-bond donors (Lipinski definition) is 1. The van der Waals surface area contributed by atoms with Crippen LogP contribution in [0.1, 0.15) is 25.3 Å². The highest BCUT2D eigenvalue weighted by Gasteiger charge is 2.28. The number of piperidine rings is 1. The SMILES string of the molecule is CCOC1CCN(S(=O)(=O)Cc2ccc(N)cc2)CC1. The van der Waals surface area contributed by atoms with Crippen LogP contribution in [0, 0.1) is 0 Å². The Morgan fingerprint density at radius 3 is 2.40 bits per heavy atom. The molecule has 2 N–H and O–H groups in total. The third-order valence-electron chi connectivity index (χ3n) is 3.53. The molecular formula is C14H22N2O3S. The van der Waals surface area contributed by atoms with Crippen molar-refractivity contribution in [3.8, 4) is 0 Å². The zero-order valence-corrected chi connectivity index (χ0v) is 12.6. The van der Waals surface area contributed by atoms with Gasteiger partial charge in [-0.25, -0.2) is 12.7 Å². The Hall–Kier alpha value is -1.11. The van der Waals surface area contributed by atoms with Crippen molar-refractivity contribution in [2.24, 2.45) is 0 Å². The van der Waals surface area contributed by atoms with Crippen LogP contribution in [0.3, 0.4) is 0 Å². The first-order valence-corrected chi connectivity index (χ1v) is 8.56. The summed E-state index contributed by atoms with van der Waals surface area (Å²) in [5.74, 6) is 0.0343. The summed E-state index contributed by atoms with van der Waals surface area (Å²) >= 11 is 0. The van der Waals surface area contributed by atoms with Gasteiger partial charge in [0.25, 0.3) is 0 Å². The van der Waals surface area contributed by atoms with E-state index in [0.717, 1.165) is 18.4 Å². The van der Waals surface area contributed by atoms with Crippen molar-refractivity contribution in [3.63, 3.8) is 0 Å². The lowest BCUT2D eigenvalue weighted by molar-refractivity contribution is 0.0290. The van der Waals surface area contributed by atoms with Gasteiger partial charge < -0.3 is 10.5 Å². The smallest absolute Gasteiger partial charge is 0.218 e. The molecule has 1 aliphatic heterocycles. The van der Waals surface area contributed by atoms with E-state index in [2.05, 4.69) is 0 Å². The van der Waals surface area contributed by atoms with E-state index in [1.54, 1.807) is 28.6 Å². The van der Waals surface area contributed by atoms with Gasteiger partial charge in [0.1, 0.15) is 0 Å². The molecule has 0 bridgehead atoms. The second-order valence-corrected chi connectivity index (χ2v) is 7.02. The van der Waals surface area contributed by atoms with Gasteiger partial charge in [-0.15, -0.1) is 0 Å². The van der Waals surface area contributed by atoms with E-state index < -0.39 is 10.0 Å². The molecule has 1 aromatic rings. The quantitative estimate of drug-likeness (QED) is 0.838. The average molecular weight is 298 g/mol. The number of nitrogen functional groups attached to an aromatic ring is 1. The fraction of sp³-hybridized carbons (Fsp3) is 0.571. The summed E-state index contributed by atoms with van der Waals surface area (Å²) in [4.78, 5) is 0. The summed E-state index contributed by atoms with van der Waals surface area (Å²) in [5.41, 5.74) is 7.02. The molecule has 0 spiro atoms. The molecular weight excluding hydrogens is 276 g/mol. The molecule has 1 aromatic carbocycles. The third-order valence-corrected chi connectivity index (χ3v) is 5.38. The minimum atomic E-state index is -3.25. The molecule has 112 valence electrons.